The Morgan fingerprint density at radius 1 is 1.06 bits per heavy atom. The molecule has 4 saturated carbocycles. The van der Waals surface area contributed by atoms with E-state index in [1.54, 1.807) is 19.3 Å². The second-order valence-corrected chi connectivity index (χ2v) is 6.79. The molecule has 4 aliphatic rings. The van der Waals surface area contributed by atoms with Crippen molar-refractivity contribution in [3.63, 3.8) is 0 Å². The van der Waals surface area contributed by atoms with Crippen molar-refractivity contribution < 1.29 is 0 Å². The largest absolute Gasteiger partial charge is 0.328 e. The van der Waals surface area contributed by atoms with Gasteiger partial charge in [0.05, 0.1) is 0 Å². The molecule has 2 N–H and O–H groups in total. The van der Waals surface area contributed by atoms with Crippen molar-refractivity contribution in [1.82, 2.24) is 0 Å². The summed E-state index contributed by atoms with van der Waals surface area (Å²) >= 11 is 0. The van der Waals surface area contributed by atoms with Crippen molar-refractivity contribution in [3.05, 3.63) is 0 Å². The molecule has 4 bridgehead atoms. The minimum atomic E-state index is 0. The normalized spacial score (nSPS) is 46.5. The van der Waals surface area contributed by atoms with Crippen LogP contribution in [0.4, 0.5) is 0 Å². The Hall–Kier alpha value is 0.250. The number of halogens is 1. The van der Waals surface area contributed by atoms with Crippen molar-refractivity contribution in [3.8, 4) is 0 Å². The number of hydrogen-bond donors (Lipinski definition) is 1. The summed E-state index contributed by atoms with van der Waals surface area (Å²) in [4.78, 5) is 0. The average Bonchev–Trinajstić information content (AvgIpc) is 2.14. The van der Waals surface area contributed by atoms with E-state index in [0.717, 1.165) is 17.8 Å². The van der Waals surface area contributed by atoms with Crippen molar-refractivity contribution >= 4 is 12.4 Å². The van der Waals surface area contributed by atoms with Gasteiger partial charge in [0.15, 0.2) is 0 Å². The van der Waals surface area contributed by atoms with Gasteiger partial charge in [0.25, 0.3) is 0 Å². The highest BCUT2D eigenvalue weighted by molar-refractivity contribution is 5.85. The molecule has 1 unspecified atom stereocenters. The maximum absolute atomic E-state index is 6.19. The van der Waals surface area contributed by atoms with E-state index in [0.29, 0.717) is 11.5 Å². The van der Waals surface area contributed by atoms with Crippen LogP contribution in [-0.2, 0) is 0 Å². The number of nitrogens with two attached hydrogens (primary N) is 1. The highest BCUT2D eigenvalue weighted by Gasteiger charge is 2.50. The first kappa shape index (κ1) is 12.7. The van der Waals surface area contributed by atoms with Gasteiger partial charge in [-0.3, -0.25) is 0 Å². The molecular formula is C14H26ClN. The third-order valence-corrected chi connectivity index (χ3v) is 5.38. The molecule has 0 aromatic heterocycles. The Kier molecular flexibility index (Phi) is 3.57. The highest BCUT2D eigenvalue weighted by Crippen LogP contribution is 2.61. The first-order valence-electron chi connectivity index (χ1n) is 6.95. The van der Waals surface area contributed by atoms with Gasteiger partial charge in [-0.25, -0.2) is 0 Å². The molecule has 16 heavy (non-hydrogen) atoms. The van der Waals surface area contributed by atoms with E-state index >= 15 is 0 Å². The van der Waals surface area contributed by atoms with E-state index in [2.05, 4.69) is 6.92 Å². The van der Waals surface area contributed by atoms with Crippen molar-refractivity contribution in [1.29, 1.82) is 0 Å². The van der Waals surface area contributed by atoms with E-state index in [-0.39, 0.29) is 12.4 Å². The molecule has 4 fully saturated rings. The molecule has 1 nitrogen and oxygen atoms in total. The van der Waals surface area contributed by atoms with Crippen LogP contribution >= 0.6 is 12.4 Å². The van der Waals surface area contributed by atoms with Crippen LogP contribution in [0.15, 0.2) is 0 Å². The summed E-state index contributed by atoms with van der Waals surface area (Å²) in [5, 5.41) is 0. The SMILES string of the molecule is CCC(N)CC12CC3CC(CC(C3)C1)C2.Cl. The molecule has 0 amide bonds. The second-order valence-electron chi connectivity index (χ2n) is 6.79. The minimum absolute atomic E-state index is 0. The van der Waals surface area contributed by atoms with Gasteiger partial charge in [0, 0.05) is 6.04 Å². The summed E-state index contributed by atoms with van der Waals surface area (Å²) in [5.41, 5.74) is 6.89. The molecule has 94 valence electrons. The maximum Gasteiger partial charge on any atom is 0.00414 e. The van der Waals surface area contributed by atoms with E-state index in [1.165, 1.54) is 32.1 Å². The summed E-state index contributed by atoms with van der Waals surface area (Å²) < 4.78 is 0. The lowest BCUT2D eigenvalue weighted by molar-refractivity contribution is -0.0604. The molecule has 1 atom stereocenters. The lowest BCUT2D eigenvalue weighted by Crippen LogP contribution is -2.48. The Bertz CT molecular complexity index is 216. The highest BCUT2D eigenvalue weighted by atomic mass is 35.5. The fourth-order valence-electron chi connectivity index (χ4n) is 5.24. The monoisotopic (exact) mass is 243 g/mol. The molecule has 4 aliphatic carbocycles. The Labute approximate surface area is 106 Å². The lowest BCUT2D eigenvalue weighted by atomic mass is 9.48. The maximum atomic E-state index is 6.19. The van der Waals surface area contributed by atoms with Gasteiger partial charge < -0.3 is 5.73 Å². The van der Waals surface area contributed by atoms with E-state index in [1.807, 2.05) is 0 Å². The molecule has 0 saturated heterocycles. The van der Waals surface area contributed by atoms with Gasteiger partial charge in [0.2, 0.25) is 0 Å². The lowest BCUT2D eigenvalue weighted by Gasteiger charge is -2.57. The van der Waals surface area contributed by atoms with Crippen LogP contribution in [0.25, 0.3) is 0 Å². The topological polar surface area (TPSA) is 26.0 Å². The van der Waals surface area contributed by atoms with Crippen LogP contribution in [0.1, 0.15) is 58.3 Å². The van der Waals surface area contributed by atoms with Crippen molar-refractivity contribution in [2.75, 3.05) is 0 Å². The van der Waals surface area contributed by atoms with Gasteiger partial charge in [0.1, 0.15) is 0 Å². The van der Waals surface area contributed by atoms with Crippen LogP contribution in [0.3, 0.4) is 0 Å². The second kappa shape index (κ2) is 4.49. The van der Waals surface area contributed by atoms with Crippen molar-refractivity contribution in [2.24, 2.45) is 28.9 Å². The van der Waals surface area contributed by atoms with Crippen LogP contribution in [-0.4, -0.2) is 6.04 Å². The molecular weight excluding hydrogens is 218 g/mol. The van der Waals surface area contributed by atoms with E-state index in [4.69, 9.17) is 5.73 Å². The third-order valence-electron chi connectivity index (χ3n) is 5.38. The first-order valence-corrected chi connectivity index (χ1v) is 6.95. The molecule has 0 aromatic carbocycles. The predicted molar refractivity (Wildman–Crippen MR) is 70.7 cm³/mol. The predicted octanol–water partition coefficient (Wildman–Crippen LogP) is 3.75. The molecule has 0 heterocycles. The molecule has 0 aromatic rings. The Morgan fingerprint density at radius 2 is 1.50 bits per heavy atom. The fraction of sp³-hybridized carbons (Fsp3) is 1.00. The standard InChI is InChI=1S/C14H25N.ClH/c1-2-13(15)9-14-6-10-3-11(7-14)5-12(4-10)8-14;/h10-13H,2-9,15H2,1H3;1H. The minimum Gasteiger partial charge on any atom is -0.328 e. The Morgan fingerprint density at radius 3 is 1.88 bits per heavy atom. The van der Waals surface area contributed by atoms with Crippen LogP contribution in [0, 0.1) is 23.2 Å². The van der Waals surface area contributed by atoms with Crippen LogP contribution in [0.5, 0.6) is 0 Å². The van der Waals surface area contributed by atoms with Crippen LogP contribution in [0.2, 0.25) is 0 Å². The number of hydrogen-bond acceptors (Lipinski definition) is 1. The third kappa shape index (κ3) is 2.13. The van der Waals surface area contributed by atoms with E-state index < -0.39 is 0 Å². The quantitative estimate of drug-likeness (QED) is 0.803. The van der Waals surface area contributed by atoms with Gasteiger partial charge in [-0.2, -0.15) is 0 Å². The molecule has 4 rings (SSSR count). The molecule has 2 heteroatoms. The summed E-state index contributed by atoms with van der Waals surface area (Å²) in [5.74, 6) is 3.25. The first-order chi connectivity index (χ1) is 7.19. The summed E-state index contributed by atoms with van der Waals surface area (Å²) in [6.45, 7) is 2.24. The Balaban J connectivity index is 0.000000963. The number of rotatable bonds is 3. The molecule has 0 aliphatic heterocycles. The van der Waals surface area contributed by atoms with Gasteiger partial charge in [-0.05, 0) is 74.5 Å². The summed E-state index contributed by atoms with van der Waals surface area (Å²) in [6.07, 6.45) is 11.7. The van der Waals surface area contributed by atoms with Gasteiger partial charge >= 0.3 is 0 Å². The molecule has 0 spiro atoms. The van der Waals surface area contributed by atoms with Crippen molar-refractivity contribution in [2.45, 2.75) is 64.3 Å². The zero-order chi connectivity index (χ0) is 10.5. The zero-order valence-electron chi connectivity index (χ0n) is 10.5. The zero-order valence-corrected chi connectivity index (χ0v) is 11.3. The summed E-state index contributed by atoms with van der Waals surface area (Å²) in [6, 6.07) is 0.473. The van der Waals surface area contributed by atoms with Gasteiger partial charge in [-0.1, -0.05) is 6.92 Å². The van der Waals surface area contributed by atoms with E-state index in [9.17, 15) is 0 Å². The van der Waals surface area contributed by atoms with Gasteiger partial charge in [-0.15, -0.1) is 12.4 Å². The smallest absolute Gasteiger partial charge is 0.00414 e. The van der Waals surface area contributed by atoms with Crippen LogP contribution < -0.4 is 5.73 Å². The fourth-order valence-corrected chi connectivity index (χ4v) is 5.24. The molecule has 0 radical (unpaired) electrons. The average molecular weight is 244 g/mol. The summed E-state index contributed by atoms with van der Waals surface area (Å²) in [7, 11) is 0.